The summed E-state index contributed by atoms with van der Waals surface area (Å²) < 4.78 is 18.9. The summed E-state index contributed by atoms with van der Waals surface area (Å²) in [5.74, 6) is 0.283. The van der Waals surface area contributed by atoms with Crippen molar-refractivity contribution in [2.45, 2.75) is 18.9 Å². The number of halogens is 3. The van der Waals surface area contributed by atoms with Crippen molar-refractivity contribution < 1.29 is 9.13 Å². The Labute approximate surface area is 114 Å². The average Bonchev–Trinajstić information content (AvgIpc) is 3.05. The third-order valence-electron chi connectivity index (χ3n) is 2.87. The van der Waals surface area contributed by atoms with E-state index in [2.05, 4.69) is 21.2 Å². The largest absolute Gasteiger partial charge is 0.383 e. The minimum absolute atomic E-state index is 0.235. The first-order valence-corrected chi connectivity index (χ1v) is 6.69. The molecule has 1 saturated carbocycles. The van der Waals surface area contributed by atoms with Crippen molar-refractivity contribution in [3.63, 3.8) is 0 Å². The van der Waals surface area contributed by atoms with E-state index >= 15 is 0 Å². The zero-order valence-corrected chi connectivity index (χ0v) is 11.8. The average molecular weight is 323 g/mol. The quantitative estimate of drug-likeness (QED) is 0.882. The lowest BCUT2D eigenvalue weighted by Crippen LogP contribution is -2.27. The molecule has 1 atom stereocenters. The van der Waals surface area contributed by atoms with E-state index in [-0.39, 0.29) is 11.9 Å². The van der Waals surface area contributed by atoms with Gasteiger partial charge in [0.25, 0.3) is 0 Å². The fourth-order valence-corrected chi connectivity index (χ4v) is 2.76. The maximum Gasteiger partial charge on any atom is 0.125 e. The first-order valence-electron chi connectivity index (χ1n) is 5.52. The smallest absolute Gasteiger partial charge is 0.125 e. The molecule has 0 aromatic heterocycles. The summed E-state index contributed by atoms with van der Waals surface area (Å²) in [6.07, 6.45) is 2.41. The first kappa shape index (κ1) is 13.1. The molecule has 0 radical (unpaired) electrons. The highest BCUT2D eigenvalue weighted by atomic mass is 79.9. The van der Waals surface area contributed by atoms with E-state index in [0.29, 0.717) is 22.0 Å². The van der Waals surface area contributed by atoms with Gasteiger partial charge in [0.2, 0.25) is 0 Å². The lowest BCUT2D eigenvalue weighted by Gasteiger charge is -2.20. The highest BCUT2D eigenvalue weighted by molar-refractivity contribution is 9.10. The standard InChI is InChI=1S/C12H14BrClFNO/c1-17-6-11(7-2-3-7)16-12-9(13)4-8(15)5-10(12)14/h4-5,7,11,16H,2-3,6H2,1H3. The maximum absolute atomic E-state index is 13.1. The minimum atomic E-state index is -0.345. The molecule has 5 heteroatoms. The van der Waals surface area contributed by atoms with Crippen LogP contribution < -0.4 is 5.32 Å². The van der Waals surface area contributed by atoms with Crippen LogP contribution in [0.5, 0.6) is 0 Å². The monoisotopic (exact) mass is 321 g/mol. The molecule has 1 aliphatic rings. The molecule has 0 saturated heterocycles. The molecule has 1 aromatic carbocycles. The zero-order chi connectivity index (χ0) is 12.4. The highest BCUT2D eigenvalue weighted by Crippen LogP contribution is 2.38. The summed E-state index contributed by atoms with van der Waals surface area (Å²) >= 11 is 9.35. The van der Waals surface area contributed by atoms with Crippen LogP contribution in [0.1, 0.15) is 12.8 Å². The molecule has 94 valence electrons. The van der Waals surface area contributed by atoms with Crippen LogP contribution in [-0.4, -0.2) is 19.8 Å². The summed E-state index contributed by atoms with van der Waals surface area (Å²) in [7, 11) is 1.68. The van der Waals surface area contributed by atoms with Crippen LogP contribution in [0.2, 0.25) is 5.02 Å². The molecule has 1 unspecified atom stereocenters. The normalized spacial score (nSPS) is 16.9. The molecule has 0 amide bonds. The van der Waals surface area contributed by atoms with Crippen LogP contribution in [0.15, 0.2) is 16.6 Å². The number of benzene rings is 1. The van der Waals surface area contributed by atoms with Crippen LogP contribution in [-0.2, 0) is 4.74 Å². The van der Waals surface area contributed by atoms with Gasteiger partial charge in [-0.1, -0.05) is 11.6 Å². The number of anilines is 1. The lowest BCUT2D eigenvalue weighted by atomic mass is 10.2. The van der Waals surface area contributed by atoms with Crippen molar-refractivity contribution in [2.24, 2.45) is 5.92 Å². The SMILES string of the molecule is COCC(Nc1c(Cl)cc(F)cc1Br)C1CC1. The Morgan fingerprint density at radius 1 is 1.59 bits per heavy atom. The Bertz CT molecular complexity index is 388. The van der Waals surface area contributed by atoms with Crippen molar-refractivity contribution >= 4 is 33.2 Å². The van der Waals surface area contributed by atoms with Gasteiger partial charge >= 0.3 is 0 Å². The summed E-state index contributed by atoms with van der Waals surface area (Å²) in [5, 5.41) is 3.72. The lowest BCUT2D eigenvalue weighted by molar-refractivity contribution is 0.179. The number of rotatable bonds is 5. The topological polar surface area (TPSA) is 21.3 Å². The van der Waals surface area contributed by atoms with Gasteiger partial charge in [0.05, 0.1) is 23.4 Å². The molecule has 1 aromatic rings. The van der Waals surface area contributed by atoms with Crippen LogP contribution >= 0.6 is 27.5 Å². The molecular weight excluding hydrogens is 308 g/mol. The molecule has 1 fully saturated rings. The molecule has 0 bridgehead atoms. The predicted octanol–water partition coefficient (Wildman–Crippen LogP) is 4.08. The van der Waals surface area contributed by atoms with E-state index in [1.165, 1.54) is 25.0 Å². The van der Waals surface area contributed by atoms with Crippen molar-refractivity contribution in [3.8, 4) is 0 Å². The van der Waals surface area contributed by atoms with E-state index in [9.17, 15) is 4.39 Å². The Morgan fingerprint density at radius 2 is 2.29 bits per heavy atom. The summed E-state index contributed by atoms with van der Waals surface area (Å²) in [4.78, 5) is 0. The van der Waals surface area contributed by atoms with Gasteiger partial charge in [0.1, 0.15) is 5.82 Å². The van der Waals surface area contributed by atoms with Crippen LogP contribution in [0.4, 0.5) is 10.1 Å². The number of hydrogen-bond acceptors (Lipinski definition) is 2. The summed E-state index contributed by atoms with van der Waals surface area (Å²) in [6.45, 7) is 0.630. The van der Waals surface area contributed by atoms with Gasteiger partial charge in [-0.05, 0) is 46.8 Å². The molecule has 0 spiro atoms. The van der Waals surface area contributed by atoms with Crippen molar-refractivity contribution in [1.29, 1.82) is 0 Å². The van der Waals surface area contributed by atoms with Crippen LogP contribution in [0, 0.1) is 11.7 Å². The maximum atomic E-state index is 13.1. The number of methoxy groups -OCH3 is 1. The van der Waals surface area contributed by atoms with Gasteiger partial charge in [-0.25, -0.2) is 4.39 Å². The first-order chi connectivity index (χ1) is 8.11. The van der Waals surface area contributed by atoms with E-state index in [0.717, 1.165) is 5.69 Å². The number of hydrogen-bond donors (Lipinski definition) is 1. The second-order valence-electron chi connectivity index (χ2n) is 4.29. The van der Waals surface area contributed by atoms with Gasteiger partial charge < -0.3 is 10.1 Å². The van der Waals surface area contributed by atoms with Gasteiger partial charge in [-0.2, -0.15) is 0 Å². The Morgan fingerprint density at radius 3 is 2.82 bits per heavy atom. The molecule has 0 heterocycles. The van der Waals surface area contributed by atoms with Gasteiger partial charge in [-0.3, -0.25) is 0 Å². The van der Waals surface area contributed by atoms with Crippen LogP contribution in [0.25, 0.3) is 0 Å². The van der Waals surface area contributed by atoms with Crippen molar-refractivity contribution in [3.05, 3.63) is 27.4 Å². The Hall–Kier alpha value is -0.320. The Balaban J connectivity index is 2.16. The fourth-order valence-electron chi connectivity index (χ4n) is 1.84. The van der Waals surface area contributed by atoms with E-state index in [4.69, 9.17) is 16.3 Å². The molecule has 0 aliphatic heterocycles. The molecule has 2 rings (SSSR count). The third-order valence-corrected chi connectivity index (χ3v) is 3.80. The second kappa shape index (κ2) is 5.55. The highest BCUT2D eigenvalue weighted by Gasteiger charge is 2.31. The zero-order valence-electron chi connectivity index (χ0n) is 9.47. The van der Waals surface area contributed by atoms with Crippen molar-refractivity contribution in [1.82, 2.24) is 0 Å². The predicted molar refractivity (Wildman–Crippen MR) is 71.1 cm³/mol. The summed E-state index contributed by atoms with van der Waals surface area (Å²) in [5.41, 5.74) is 0.738. The van der Waals surface area contributed by atoms with Crippen molar-refractivity contribution in [2.75, 3.05) is 19.0 Å². The van der Waals surface area contributed by atoms with Gasteiger partial charge in [0.15, 0.2) is 0 Å². The van der Waals surface area contributed by atoms with E-state index < -0.39 is 0 Å². The summed E-state index contributed by atoms with van der Waals surface area (Å²) in [6, 6.07) is 2.95. The number of ether oxygens (including phenoxy) is 1. The molecule has 17 heavy (non-hydrogen) atoms. The third kappa shape index (κ3) is 3.33. The van der Waals surface area contributed by atoms with E-state index in [1.807, 2.05) is 0 Å². The molecule has 2 nitrogen and oxygen atoms in total. The molecule has 1 N–H and O–H groups in total. The molecule has 1 aliphatic carbocycles. The number of nitrogens with one attached hydrogen (secondary N) is 1. The second-order valence-corrected chi connectivity index (χ2v) is 5.55. The van der Waals surface area contributed by atoms with Gasteiger partial charge in [0, 0.05) is 11.6 Å². The molecular formula is C12H14BrClFNO. The Kier molecular flexibility index (Phi) is 4.28. The minimum Gasteiger partial charge on any atom is -0.383 e. The van der Waals surface area contributed by atoms with E-state index in [1.54, 1.807) is 7.11 Å². The van der Waals surface area contributed by atoms with Crippen LogP contribution in [0.3, 0.4) is 0 Å². The van der Waals surface area contributed by atoms with Gasteiger partial charge in [-0.15, -0.1) is 0 Å². The fraction of sp³-hybridized carbons (Fsp3) is 0.500.